The van der Waals surface area contributed by atoms with Gasteiger partial charge in [0.25, 0.3) is 0 Å². The highest BCUT2D eigenvalue weighted by molar-refractivity contribution is 5.83. The van der Waals surface area contributed by atoms with Crippen LogP contribution in [0.5, 0.6) is 0 Å². The number of aliphatic carboxylic acids is 1. The lowest BCUT2D eigenvalue weighted by Gasteiger charge is -2.33. The second-order valence-electron chi connectivity index (χ2n) is 7.11. The van der Waals surface area contributed by atoms with E-state index in [2.05, 4.69) is 12.2 Å². The Morgan fingerprint density at radius 3 is 2.62 bits per heavy atom. The van der Waals surface area contributed by atoms with Crippen molar-refractivity contribution in [3.8, 4) is 0 Å². The van der Waals surface area contributed by atoms with Gasteiger partial charge in [-0.15, -0.1) is 0 Å². The lowest BCUT2D eigenvalue weighted by atomic mass is 9.85. The maximum atomic E-state index is 12.5. The molecule has 0 aromatic rings. The normalized spacial score (nSPS) is 33.4. The topological polar surface area (TPSA) is 69.6 Å². The quantitative estimate of drug-likeness (QED) is 0.837. The highest BCUT2D eigenvalue weighted by Crippen LogP contribution is 2.40. The largest absolute Gasteiger partial charge is 0.480 e. The number of likely N-dealkylation sites (tertiary alicyclic amines) is 1. The van der Waals surface area contributed by atoms with Gasteiger partial charge < -0.3 is 15.3 Å². The van der Waals surface area contributed by atoms with Gasteiger partial charge in [0.1, 0.15) is 6.04 Å². The Morgan fingerprint density at radius 1 is 1.24 bits per heavy atom. The first-order valence-electron chi connectivity index (χ1n) is 8.37. The van der Waals surface area contributed by atoms with Crippen LogP contribution in [0.2, 0.25) is 0 Å². The molecule has 2 saturated carbocycles. The molecule has 0 spiro atoms. The lowest BCUT2D eigenvalue weighted by molar-refractivity contribution is -0.141. The minimum atomic E-state index is -0.852. The zero-order valence-electron chi connectivity index (χ0n) is 12.8. The van der Waals surface area contributed by atoms with Crippen LogP contribution >= 0.6 is 0 Å². The standard InChI is InChI=1S/C16H26N2O3/c1-10(11-6-7-11)9-17-16(21)18-13-5-3-2-4-12(13)8-14(18)15(19)20/h10-14H,2-9H2,1H3,(H,17,21)(H,19,20). The summed E-state index contributed by atoms with van der Waals surface area (Å²) in [6.45, 7) is 2.84. The third-order valence-electron chi connectivity index (χ3n) is 5.61. The average molecular weight is 294 g/mol. The molecule has 0 bridgehead atoms. The van der Waals surface area contributed by atoms with Gasteiger partial charge in [-0.25, -0.2) is 9.59 Å². The first-order valence-corrected chi connectivity index (χ1v) is 8.37. The maximum Gasteiger partial charge on any atom is 0.326 e. The summed E-state index contributed by atoms with van der Waals surface area (Å²) in [5, 5.41) is 12.4. The van der Waals surface area contributed by atoms with Crippen molar-refractivity contribution in [2.24, 2.45) is 17.8 Å². The average Bonchev–Trinajstić information content (AvgIpc) is 3.24. The van der Waals surface area contributed by atoms with E-state index in [0.717, 1.165) is 25.2 Å². The fourth-order valence-electron chi connectivity index (χ4n) is 4.14. The van der Waals surface area contributed by atoms with Crippen molar-refractivity contribution in [2.45, 2.75) is 64.0 Å². The molecule has 3 rings (SSSR count). The summed E-state index contributed by atoms with van der Waals surface area (Å²) in [6.07, 6.45) is 7.46. The molecule has 1 heterocycles. The molecule has 2 amide bonds. The van der Waals surface area contributed by atoms with Crippen molar-refractivity contribution in [1.82, 2.24) is 10.2 Å². The van der Waals surface area contributed by atoms with Gasteiger partial charge in [-0.2, -0.15) is 0 Å². The van der Waals surface area contributed by atoms with E-state index in [0.29, 0.717) is 24.8 Å². The molecular weight excluding hydrogens is 268 g/mol. The maximum absolute atomic E-state index is 12.5. The Labute approximate surface area is 126 Å². The van der Waals surface area contributed by atoms with Gasteiger partial charge in [-0.1, -0.05) is 19.8 Å². The summed E-state index contributed by atoms with van der Waals surface area (Å²) < 4.78 is 0. The highest BCUT2D eigenvalue weighted by Gasteiger charge is 2.47. The van der Waals surface area contributed by atoms with Crippen molar-refractivity contribution in [3.05, 3.63) is 0 Å². The Hall–Kier alpha value is -1.26. The number of nitrogens with one attached hydrogen (secondary N) is 1. The molecule has 0 aromatic heterocycles. The van der Waals surface area contributed by atoms with Crippen LogP contribution in [0, 0.1) is 17.8 Å². The van der Waals surface area contributed by atoms with E-state index in [1.54, 1.807) is 4.90 Å². The molecule has 5 nitrogen and oxygen atoms in total. The number of rotatable bonds is 4. The number of carboxylic acid groups (broad SMARTS) is 1. The Morgan fingerprint density at radius 2 is 1.95 bits per heavy atom. The molecular formula is C16H26N2O3. The van der Waals surface area contributed by atoms with Crippen LogP contribution in [0.4, 0.5) is 4.79 Å². The number of carbonyl (C=O) groups excluding carboxylic acids is 1. The molecule has 1 saturated heterocycles. The molecule has 4 unspecified atom stereocenters. The summed E-state index contributed by atoms with van der Waals surface area (Å²) in [4.78, 5) is 25.7. The van der Waals surface area contributed by atoms with Gasteiger partial charge in [0.2, 0.25) is 0 Å². The van der Waals surface area contributed by atoms with Crippen LogP contribution in [0.1, 0.15) is 51.9 Å². The number of nitrogens with zero attached hydrogens (tertiary/aromatic N) is 1. The number of carbonyl (C=O) groups is 2. The van der Waals surface area contributed by atoms with Crippen LogP contribution in [0.15, 0.2) is 0 Å². The fraction of sp³-hybridized carbons (Fsp3) is 0.875. The Kier molecular flexibility index (Phi) is 4.09. The summed E-state index contributed by atoms with van der Waals surface area (Å²) in [6, 6.07) is -0.658. The number of fused-ring (bicyclic) bond motifs is 1. The molecule has 0 aromatic carbocycles. The predicted octanol–water partition coefficient (Wildman–Crippen LogP) is 2.46. The minimum absolute atomic E-state index is 0.135. The van der Waals surface area contributed by atoms with Crippen LogP contribution in [0.25, 0.3) is 0 Å². The van der Waals surface area contributed by atoms with Crippen molar-refractivity contribution < 1.29 is 14.7 Å². The molecule has 21 heavy (non-hydrogen) atoms. The highest BCUT2D eigenvalue weighted by atomic mass is 16.4. The summed E-state index contributed by atoms with van der Waals surface area (Å²) >= 11 is 0. The van der Waals surface area contributed by atoms with E-state index in [4.69, 9.17) is 0 Å². The van der Waals surface area contributed by atoms with Crippen LogP contribution < -0.4 is 5.32 Å². The summed E-state index contributed by atoms with van der Waals surface area (Å²) in [5.41, 5.74) is 0. The lowest BCUT2D eigenvalue weighted by Crippen LogP contribution is -2.51. The van der Waals surface area contributed by atoms with Crippen LogP contribution in [-0.4, -0.2) is 40.6 Å². The second-order valence-corrected chi connectivity index (χ2v) is 7.11. The minimum Gasteiger partial charge on any atom is -0.480 e. The van der Waals surface area contributed by atoms with E-state index >= 15 is 0 Å². The molecule has 0 radical (unpaired) electrons. The third kappa shape index (κ3) is 3.01. The number of hydrogen-bond acceptors (Lipinski definition) is 2. The van der Waals surface area contributed by atoms with Gasteiger partial charge in [-0.3, -0.25) is 0 Å². The monoisotopic (exact) mass is 294 g/mol. The molecule has 5 heteroatoms. The van der Waals surface area contributed by atoms with Gasteiger partial charge >= 0.3 is 12.0 Å². The van der Waals surface area contributed by atoms with E-state index in [9.17, 15) is 14.7 Å². The first kappa shape index (κ1) is 14.7. The molecule has 118 valence electrons. The summed E-state index contributed by atoms with van der Waals surface area (Å²) in [5.74, 6) is 0.782. The molecule has 4 atom stereocenters. The first-order chi connectivity index (χ1) is 10.1. The van der Waals surface area contributed by atoms with Crippen molar-refractivity contribution in [1.29, 1.82) is 0 Å². The molecule has 3 fully saturated rings. The molecule has 2 aliphatic carbocycles. The number of hydrogen-bond donors (Lipinski definition) is 2. The predicted molar refractivity (Wildman–Crippen MR) is 78.9 cm³/mol. The zero-order chi connectivity index (χ0) is 15.0. The van der Waals surface area contributed by atoms with E-state index in [1.165, 1.54) is 19.3 Å². The van der Waals surface area contributed by atoms with Crippen molar-refractivity contribution in [3.63, 3.8) is 0 Å². The number of urea groups is 1. The third-order valence-corrected chi connectivity index (χ3v) is 5.61. The van der Waals surface area contributed by atoms with Gasteiger partial charge in [-0.05, 0) is 49.9 Å². The Balaban J connectivity index is 1.64. The van der Waals surface area contributed by atoms with E-state index in [1.807, 2.05) is 0 Å². The molecule has 2 N–H and O–H groups in total. The van der Waals surface area contributed by atoms with Gasteiger partial charge in [0.15, 0.2) is 0 Å². The SMILES string of the molecule is CC(CNC(=O)N1C(C(=O)O)CC2CCCCC21)C1CC1. The van der Waals surface area contributed by atoms with Crippen molar-refractivity contribution >= 4 is 12.0 Å². The van der Waals surface area contributed by atoms with E-state index < -0.39 is 12.0 Å². The van der Waals surface area contributed by atoms with Crippen LogP contribution in [-0.2, 0) is 4.79 Å². The van der Waals surface area contributed by atoms with Gasteiger partial charge in [0, 0.05) is 12.6 Å². The van der Waals surface area contributed by atoms with E-state index in [-0.39, 0.29) is 12.1 Å². The zero-order valence-corrected chi connectivity index (χ0v) is 12.8. The summed E-state index contributed by atoms with van der Waals surface area (Å²) in [7, 11) is 0. The number of carboxylic acids is 1. The Bertz CT molecular complexity index is 422. The number of amides is 2. The fourth-order valence-corrected chi connectivity index (χ4v) is 4.14. The molecule has 1 aliphatic heterocycles. The van der Waals surface area contributed by atoms with Crippen LogP contribution in [0.3, 0.4) is 0 Å². The van der Waals surface area contributed by atoms with Gasteiger partial charge in [0.05, 0.1) is 0 Å². The second kappa shape index (κ2) is 5.85. The molecule has 3 aliphatic rings. The van der Waals surface area contributed by atoms with Crippen molar-refractivity contribution in [2.75, 3.05) is 6.54 Å². The smallest absolute Gasteiger partial charge is 0.326 e.